The molecule has 1 aromatic carbocycles. The van der Waals surface area contributed by atoms with Gasteiger partial charge in [0.05, 0.1) is 31.8 Å². The fourth-order valence-corrected chi connectivity index (χ4v) is 1.77. The Morgan fingerprint density at radius 3 is 2.67 bits per heavy atom. The van der Waals surface area contributed by atoms with Crippen molar-refractivity contribution in [3.8, 4) is 5.75 Å². The Hall–Kier alpha value is -2.30. The van der Waals surface area contributed by atoms with Crippen LogP contribution in [0.2, 0.25) is 0 Å². The van der Waals surface area contributed by atoms with Crippen LogP contribution in [0.4, 0.5) is 0 Å². The van der Waals surface area contributed by atoms with E-state index in [1.165, 1.54) is 14.2 Å². The number of carbonyl (C=O) groups excluding carboxylic acids is 2. The molecule has 18 heavy (non-hydrogen) atoms. The van der Waals surface area contributed by atoms with Crippen LogP contribution in [0.15, 0.2) is 29.8 Å². The van der Waals surface area contributed by atoms with Gasteiger partial charge in [0.15, 0.2) is 5.76 Å². The van der Waals surface area contributed by atoms with Crippen molar-refractivity contribution in [2.24, 2.45) is 0 Å². The van der Waals surface area contributed by atoms with Crippen LogP contribution in [-0.4, -0.2) is 26.2 Å². The molecule has 5 heteroatoms. The number of hydrogen-bond donors (Lipinski definition) is 0. The summed E-state index contributed by atoms with van der Waals surface area (Å²) in [4.78, 5) is 22.9. The van der Waals surface area contributed by atoms with Gasteiger partial charge in [-0.15, -0.1) is 0 Å². The van der Waals surface area contributed by atoms with E-state index >= 15 is 0 Å². The van der Waals surface area contributed by atoms with E-state index in [4.69, 9.17) is 9.47 Å². The summed E-state index contributed by atoms with van der Waals surface area (Å²) < 4.78 is 14.9. The summed E-state index contributed by atoms with van der Waals surface area (Å²) in [5.41, 5.74) is 0.776. The molecule has 0 bridgehead atoms. The molecule has 0 aliphatic carbocycles. The highest BCUT2D eigenvalue weighted by atomic mass is 16.6. The van der Waals surface area contributed by atoms with Crippen LogP contribution >= 0.6 is 0 Å². The molecule has 0 saturated heterocycles. The molecule has 0 aromatic heterocycles. The molecular weight excluding hydrogens is 236 g/mol. The molecule has 1 aliphatic rings. The smallest absolute Gasteiger partial charge is 0.338 e. The van der Waals surface area contributed by atoms with Crippen molar-refractivity contribution in [2.75, 3.05) is 14.2 Å². The molecule has 0 N–H and O–H groups in total. The number of para-hydroxylation sites is 1. The first-order chi connectivity index (χ1) is 8.67. The quantitative estimate of drug-likeness (QED) is 0.759. The Morgan fingerprint density at radius 2 is 2.00 bits per heavy atom. The first-order valence-electron chi connectivity index (χ1n) is 5.33. The number of ether oxygens (including phenoxy) is 3. The number of carbonyl (C=O) groups is 2. The van der Waals surface area contributed by atoms with Crippen molar-refractivity contribution >= 4 is 17.7 Å². The van der Waals surface area contributed by atoms with Crippen LogP contribution in [0, 0.1) is 0 Å². The molecule has 0 fully saturated rings. The van der Waals surface area contributed by atoms with Crippen LogP contribution < -0.4 is 4.74 Å². The Bertz CT molecular complexity index is 530. The third-order valence-corrected chi connectivity index (χ3v) is 2.59. The standard InChI is InChI=1S/C13H12O5/c1-16-10-6-4-3-5-8(10)12-9(13(15)17-2)7-11(14)18-12/h3-6H,7H2,1-2H3. The first-order valence-corrected chi connectivity index (χ1v) is 5.33. The van der Waals surface area contributed by atoms with Gasteiger partial charge in [0, 0.05) is 0 Å². The molecule has 0 unspecified atom stereocenters. The first kappa shape index (κ1) is 12.2. The van der Waals surface area contributed by atoms with E-state index in [2.05, 4.69) is 4.74 Å². The average Bonchev–Trinajstić information content (AvgIpc) is 2.79. The zero-order valence-corrected chi connectivity index (χ0v) is 10.1. The predicted molar refractivity (Wildman–Crippen MR) is 62.6 cm³/mol. The Labute approximate surface area is 104 Å². The van der Waals surface area contributed by atoms with Gasteiger partial charge in [-0.3, -0.25) is 4.79 Å². The Kier molecular flexibility index (Phi) is 3.32. The van der Waals surface area contributed by atoms with Crippen LogP contribution in [0.5, 0.6) is 5.75 Å². The van der Waals surface area contributed by atoms with Gasteiger partial charge in [0.1, 0.15) is 5.75 Å². The second-order valence-corrected chi connectivity index (χ2v) is 3.65. The Morgan fingerprint density at radius 1 is 1.28 bits per heavy atom. The maximum atomic E-state index is 11.6. The van der Waals surface area contributed by atoms with Crippen molar-refractivity contribution in [3.63, 3.8) is 0 Å². The summed E-state index contributed by atoms with van der Waals surface area (Å²) in [6, 6.07) is 7.00. The van der Waals surface area contributed by atoms with E-state index in [1.54, 1.807) is 24.3 Å². The van der Waals surface area contributed by atoms with Gasteiger partial charge in [-0.2, -0.15) is 0 Å². The minimum absolute atomic E-state index is 0.0833. The van der Waals surface area contributed by atoms with Crippen LogP contribution in [0.1, 0.15) is 12.0 Å². The third kappa shape index (κ3) is 2.07. The average molecular weight is 248 g/mol. The van der Waals surface area contributed by atoms with Crippen LogP contribution in [0.3, 0.4) is 0 Å². The van der Waals surface area contributed by atoms with Crippen LogP contribution in [-0.2, 0) is 19.1 Å². The minimum atomic E-state index is -0.568. The molecule has 0 saturated carbocycles. The van der Waals surface area contributed by atoms with Gasteiger partial charge in [0.25, 0.3) is 0 Å². The molecule has 94 valence electrons. The number of methoxy groups -OCH3 is 2. The van der Waals surface area contributed by atoms with Gasteiger partial charge >= 0.3 is 11.9 Å². The van der Waals surface area contributed by atoms with Gasteiger partial charge in [-0.1, -0.05) is 12.1 Å². The summed E-state index contributed by atoms with van der Waals surface area (Å²) in [6.07, 6.45) is -0.0833. The third-order valence-electron chi connectivity index (χ3n) is 2.59. The summed E-state index contributed by atoms with van der Waals surface area (Å²) in [5.74, 6) is -0.300. The topological polar surface area (TPSA) is 61.8 Å². The highest BCUT2D eigenvalue weighted by molar-refractivity contribution is 6.05. The number of cyclic esters (lactones) is 1. The lowest BCUT2D eigenvalue weighted by atomic mass is 10.1. The second-order valence-electron chi connectivity index (χ2n) is 3.65. The molecule has 1 aliphatic heterocycles. The van der Waals surface area contributed by atoms with E-state index in [1.807, 2.05) is 0 Å². The van der Waals surface area contributed by atoms with Crippen molar-refractivity contribution in [3.05, 3.63) is 35.4 Å². The summed E-state index contributed by atoms with van der Waals surface area (Å²) in [5, 5.41) is 0. The van der Waals surface area contributed by atoms with E-state index in [0.717, 1.165) is 0 Å². The molecule has 0 radical (unpaired) electrons. The lowest BCUT2D eigenvalue weighted by Gasteiger charge is -2.09. The maximum absolute atomic E-state index is 11.6. The van der Waals surface area contributed by atoms with Gasteiger partial charge in [0.2, 0.25) is 0 Å². The fourth-order valence-electron chi connectivity index (χ4n) is 1.77. The molecule has 5 nitrogen and oxygen atoms in total. The monoisotopic (exact) mass is 248 g/mol. The molecule has 0 spiro atoms. The predicted octanol–water partition coefficient (Wildman–Crippen LogP) is 1.53. The lowest BCUT2D eigenvalue weighted by Crippen LogP contribution is -2.05. The number of hydrogen-bond acceptors (Lipinski definition) is 5. The Balaban J connectivity index is 2.52. The molecule has 1 heterocycles. The zero-order valence-electron chi connectivity index (χ0n) is 10.1. The van der Waals surface area contributed by atoms with Gasteiger partial charge in [-0.05, 0) is 12.1 Å². The molecular formula is C13H12O5. The normalized spacial score (nSPS) is 14.4. The van der Waals surface area contributed by atoms with Crippen molar-refractivity contribution in [2.45, 2.75) is 6.42 Å². The SMILES string of the molecule is COC(=O)C1=C(c2ccccc2OC)OC(=O)C1. The zero-order chi connectivity index (χ0) is 13.1. The van der Waals surface area contributed by atoms with E-state index in [9.17, 15) is 9.59 Å². The summed E-state index contributed by atoms with van der Waals surface area (Å²) in [7, 11) is 2.77. The second kappa shape index (κ2) is 4.91. The van der Waals surface area contributed by atoms with E-state index < -0.39 is 11.9 Å². The maximum Gasteiger partial charge on any atom is 0.338 e. The number of benzene rings is 1. The largest absolute Gasteiger partial charge is 0.496 e. The van der Waals surface area contributed by atoms with Gasteiger partial charge in [-0.25, -0.2) is 4.79 Å². The highest BCUT2D eigenvalue weighted by Crippen LogP contribution is 2.34. The van der Waals surface area contributed by atoms with Crippen molar-refractivity contribution in [1.82, 2.24) is 0 Å². The van der Waals surface area contributed by atoms with Crippen molar-refractivity contribution in [1.29, 1.82) is 0 Å². The summed E-state index contributed by atoms with van der Waals surface area (Å²) >= 11 is 0. The van der Waals surface area contributed by atoms with Crippen molar-refractivity contribution < 1.29 is 23.8 Å². The molecule has 1 aromatic rings. The fraction of sp³-hybridized carbons (Fsp3) is 0.231. The van der Waals surface area contributed by atoms with Crippen LogP contribution in [0.25, 0.3) is 5.76 Å². The van der Waals surface area contributed by atoms with E-state index in [0.29, 0.717) is 11.3 Å². The lowest BCUT2D eigenvalue weighted by molar-refractivity contribution is -0.138. The molecule has 0 amide bonds. The highest BCUT2D eigenvalue weighted by Gasteiger charge is 2.31. The van der Waals surface area contributed by atoms with E-state index in [-0.39, 0.29) is 17.8 Å². The number of rotatable bonds is 3. The number of esters is 2. The molecule has 2 rings (SSSR count). The summed E-state index contributed by atoms with van der Waals surface area (Å²) in [6.45, 7) is 0. The van der Waals surface area contributed by atoms with Gasteiger partial charge < -0.3 is 14.2 Å². The molecule has 0 atom stereocenters. The minimum Gasteiger partial charge on any atom is -0.496 e.